The summed E-state index contributed by atoms with van der Waals surface area (Å²) in [7, 11) is 1.69. The molecule has 1 heterocycles. The van der Waals surface area contributed by atoms with E-state index in [2.05, 4.69) is 36.2 Å². The number of hydrogen-bond acceptors (Lipinski definition) is 4. The highest BCUT2D eigenvalue weighted by atomic mass is 35.5. The summed E-state index contributed by atoms with van der Waals surface area (Å²) in [5, 5.41) is 3.47. The molecule has 2 rings (SSSR count). The van der Waals surface area contributed by atoms with Crippen molar-refractivity contribution < 1.29 is 9.47 Å². The zero-order valence-electron chi connectivity index (χ0n) is 13.2. The molecular weight excluding hydrogens is 288 g/mol. The maximum absolute atomic E-state index is 5.77. The van der Waals surface area contributed by atoms with Gasteiger partial charge in [0.2, 0.25) is 0 Å². The van der Waals surface area contributed by atoms with Gasteiger partial charge in [-0.3, -0.25) is 4.90 Å². The molecule has 0 spiro atoms. The zero-order chi connectivity index (χ0) is 14.4. The maximum atomic E-state index is 5.77. The first-order valence-electron chi connectivity index (χ1n) is 7.48. The van der Waals surface area contributed by atoms with E-state index in [4.69, 9.17) is 9.47 Å². The second-order valence-electron chi connectivity index (χ2n) is 5.42. The fourth-order valence-electron chi connectivity index (χ4n) is 2.56. The van der Waals surface area contributed by atoms with Crippen molar-refractivity contribution in [3.05, 3.63) is 23.8 Å². The lowest BCUT2D eigenvalue weighted by Gasteiger charge is -2.31. The first kappa shape index (κ1) is 18.1. The van der Waals surface area contributed by atoms with E-state index in [1.807, 2.05) is 6.07 Å². The first-order valence-corrected chi connectivity index (χ1v) is 7.48. The van der Waals surface area contributed by atoms with E-state index in [1.54, 1.807) is 7.11 Å². The molecule has 1 fully saturated rings. The van der Waals surface area contributed by atoms with Gasteiger partial charge in [0, 0.05) is 32.2 Å². The third-order valence-electron chi connectivity index (χ3n) is 3.55. The predicted molar refractivity (Wildman–Crippen MR) is 88.8 cm³/mol. The Labute approximate surface area is 134 Å². The predicted octanol–water partition coefficient (Wildman–Crippen LogP) is 2.70. The summed E-state index contributed by atoms with van der Waals surface area (Å²) < 4.78 is 11.1. The Bertz CT molecular complexity index is 429. The number of rotatable bonds is 6. The molecule has 1 atom stereocenters. The van der Waals surface area contributed by atoms with Crippen molar-refractivity contribution in [2.45, 2.75) is 32.9 Å². The van der Waals surface area contributed by atoms with Crippen molar-refractivity contribution in [3.8, 4) is 11.5 Å². The zero-order valence-corrected chi connectivity index (χ0v) is 14.0. The lowest BCUT2D eigenvalue weighted by Crippen LogP contribution is -2.48. The van der Waals surface area contributed by atoms with Crippen molar-refractivity contribution in [1.29, 1.82) is 0 Å². The molecule has 21 heavy (non-hydrogen) atoms. The lowest BCUT2D eigenvalue weighted by atomic mass is 10.1. The standard InChI is InChI=1S/C16H26N2O2.ClH/c1-4-9-20-16-10-14(5-6-15(16)19-3)12-18-8-7-17-13(2)11-18;/h5-6,10,13,17H,4,7-9,11-12H2,1-3H3;1H/t13-;/m1./s1. The Morgan fingerprint density at radius 3 is 2.81 bits per heavy atom. The van der Waals surface area contributed by atoms with Crippen LogP contribution in [-0.4, -0.2) is 44.3 Å². The second-order valence-corrected chi connectivity index (χ2v) is 5.42. The van der Waals surface area contributed by atoms with Crippen molar-refractivity contribution in [3.63, 3.8) is 0 Å². The summed E-state index contributed by atoms with van der Waals surface area (Å²) in [4.78, 5) is 2.48. The Kier molecular flexibility index (Phi) is 7.86. The van der Waals surface area contributed by atoms with E-state index in [1.165, 1.54) is 5.56 Å². The average Bonchev–Trinajstić information content (AvgIpc) is 2.45. The van der Waals surface area contributed by atoms with E-state index in [0.29, 0.717) is 6.04 Å². The van der Waals surface area contributed by atoms with Gasteiger partial charge in [-0.05, 0) is 31.0 Å². The van der Waals surface area contributed by atoms with Crippen molar-refractivity contribution >= 4 is 12.4 Å². The fraction of sp³-hybridized carbons (Fsp3) is 0.625. The number of hydrogen-bond donors (Lipinski definition) is 1. The summed E-state index contributed by atoms with van der Waals surface area (Å²) in [6.45, 7) is 9.30. The molecule has 1 aliphatic heterocycles. The Hall–Kier alpha value is -0.970. The third kappa shape index (κ3) is 5.38. The van der Waals surface area contributed by atoms with E-state index < -0.39 is 0 Å². The van der Waals surface area contributed by atoms with Crippen LogP contribution in [0.2, 0.25) is 0 Å². The summed E-state index contributed by atoms with van der Waals surface area (Å²) in [5.41, 5.74) is 1.28. The fourth-order valence-corrected chi connectivity index (χ4v) is 2.56. The number of halogens is 1. The molecule has 1 saturated heterocycles. The minimum Gasteiger partial charge on any atom is -0.493 e. The molecule has 1 aromatic rings. The minimum atomic E-state index is 0. The van der Waals surface area contributed by atoms with Gasteiger partial charge in [-0.1, -0.05) is 13.0 Å². The molecule has 1 aromatic carbocycles. The quantitative estimate of drug-likeness (QED) is 0.875. The van der Waals surface area contributed by atoms with Crippen LogP contribution in [0.25, 0.3) is 0 Å². The van der Waals surface area contributed by atoms with E-state index in [9.17, 15) is 0 Å². The van der Waals surface area contributed by atoms with Crippen molar-refractivity contribution in [2.75, 3.05) is 33.4 Å². The van der Waals surface area contributed by atoms with Crippen LogP contribution in [0.5, 0.6) is 11.5 Å². The van der Waals surface area contributed by atoms with Crippen LogP contribution in [0.4, 0.5) is 0 Å². The average molecular weight is 315 g/mol. The molecule has 0 amide bonds. The van der Waals surface area contributed by atoms with Gasteiger partial charge in [0.15, 0.2) is 11.5 Å². The molecule has 4 nitrogen and oxygen atoms in total. The number of ether oxygens (including phenoxy) is 2. The van der Waals surface area contributed by atoms with E-state index in [-0.39, 0.29) is 12.4 Å². The lowest BCUT2D eigenvalue weighted by molar-refractivity contribution is 0.199. The van der Waals surface area contributed by atoms with Gasteiger partial charge in [0.05, 0.1) is 13.7 Å². The SMILES string of the molecule is CCCOc1cc(CN2CCN[C@H](C)C2)ccc1OC.Cl. The van der Waals surface area contributed by atoms with Crippen LogP contribution in [-0.2, 0) is 6.54 Å². The highest BCUT2D eigenvalue weighted by Gasteiger charge is 2.16. The summed E-state index contributed by atoms with van der Waals surface area (Å²) in [5.74, 6) is 1.67. The number of piperazine rings is 1. The van der Waals surface area contributed by atoms with Gasteiger partial charge in [-0.2, -0.15) is 0 Å². The van der Waals surface area contributed by atoms with Crippen molar-refractivity contribution in [1.82, 2.24) is 10.2 Å². The molecule has 5 heteroatoms. The molecular formula is C16H27ClN2O2. The number of nitrogens with one attached hydrogen (secondary N) is 1. The second kappa shape index (κ2) is 9.13. The van der Waals surface area contributed by atoms with Gasteiger partial charge < -0.3 is 14.8 Å². The van der Waals surface area contributed by atoms with Gasteiger partial charge in [0.25, 0.3) is 0 Å². The Morgan fingerprint density at radius 1 is 1.33 bits per heavy atom. The molecule has 120 valence electrons. The van der Waals surface area contributed by atoms with Crippen LogP contribution < -0.4 is 14.8 Å². The molecule has 0 aliphatic carbocycles. The topological polar surface area (TPSA) is 33.7 Å². The van der Waals surface area contributed by atoms with Crippen LogP contribution in [0.3, 0.4) is 0 Å². The monoisotopic (exact) mass is 314 g/mol. The van der Waals surface area contributed by atoms with Crippen LogP contribution in [0.1, 0.15) is 25.8 Å². The summed E-state index contributed by atoms with van der Waals surface area (Å²) >= 11 is 0. The normalized spacial score (nSPS) is 18.9. The molecule has 0 unspecified atom stereocenters. The molecule has 1 aliphatic rings. The Morgan fingerprint density at radius 2 is 2.14 bits per heavy atom. The van der Waals surface area contributed by atoms with E-state index in [0.717, 1.165) is 50.7 Å². The summed E-state index contributed by atoms with van der Waals surface area (Å²) in [6.07, 6.45) is 1.00. The van der Waals surface area contributed by atoms with Crippen LogP contribution >= 0.6 is 12.4 Å². The minimum absolute atomic E-state index is 0. The molecule has 1 N–H and O–H groups in total. The number of benzene rings is 1. The first-order chi connectivity index (χ1) is 9.72. The smallest absolute Gasteiger partial charge is 0.161 e. The largest absolute Gasteiger partial charge is 0.493 e. The number of methoxy groups -OCH3 is 1. The van der Waals surface area contributed by atoms with Gasteiger partial charge in [-0.15, -0.1) is 12.4 Å². The summed E-state index contributed by atoms with van der Waals surface area (Å²) in [6, 6.07) is 6.81. The third-order valence-corrected chi connectivity index (χ3v) is 3.55. The van der Waals surface area contributed by atoms with Crippen molar-refractivity contribution in [2.24, 2.45) is 0 Å². The highest BCUT2D eigenvalue weighted by Crippen LogP contribution is 2.28. The van der Waals surface area contributed by atoms with Gasteiger partial charge >= 0.3 is 0 Å². The molecule has 0 bridgehead atoms. The highest BCUT2D eigenvalue weighted by molar-refractivity contribution is 5.85. The molecule has 0 saturated carbocycles. The van der Waals surface area contributed by atoms with Crippen LogP contribution in [0.15, 0.2) is 18.2 Å². The van der Waals surface area contributed by atoms with Gasteiger partial charge in [0.1, 0.15) is 0 Å². The maximum Gasteiger partial charge on any atom is 0.161 e. The van der Waals surface area contributed by atoms with E-state index >= 15 is 0 Å². The number of nitrogens with zero attached hydrogens (tertiary/aromatic N) is 1. The Balaban J connectivity index is 0.00000220. The molecule has 0 aromatic heterocycles. The van der Waals surface area contributed by atoms with Gasteiger partial charge in [-0.25, -0.2) is 0 Å². The molecule has 0 radical (unpaired) electrons. The van der Waals surface area contributed by atoms with Crippen LogP contribution in [0, 0.1) is 0 Å².